The fraction of sp³-hybridized carbons (Fsp3) is 0.167. The van der Waals surface area contributed by atoms with Gasteiger partial charge in [-0.15, -0.1) is 22.7 Å². The zero-order valence-corrected chi connectivity index (χ0v) is 31.7. The number of benzene rings is 3. The van der Waals surface area contributed by atoms with E-state index >= 15 is 0 Å². The summed E-state index contributed by atoms with van der Waals surface area (Å²) in [5, 5.41) is 20.8. The van der Waals surface area contributed by atoms with Gasteiger partial charge in [-0.25, -0.2) is 19.9 Å². The van der Waals surface area contributed by atoms with Gasteiger partial charge in [-0.3, -0.25) is 4.98 Å². The van der Waals surface area contributed by atoms with Gasteiger partial charge >= 0.3 is 12.0 Å². The zero-order chi connectivity index (χ0) is 38.5. The monoisotopic (exact) mass is 775 g/mol. The summed E-state index contributed by atoms with van der Waals surface area (Å²) < 4.78 is 18.6. The van der Waals surface area contributed by atoms with Crippen LogP contribution in [-0.2, 0) is 13.0 Å². The Bertz CT molecular complexity index is 2540. The third kappa shape index (κ3) is 9.43. The van der Waals surface area contributed by atoms with E-state index in [9.17, 15) is 10.5 Å². The Kier molecular flexibility index (Phi) is 12.3. The fourth-order valence-corrected chi connectivity index (χ4v) is 7.57. The highest BCUT2D eigenvalue weighted by Crippen LogP contribution is 2.32. The Morgan fingerprint density at radius 2 is 1.18 bits per heavy atom. The van der Waals surface area contributed by atoms with E-state index in [1.54, 1.807) is 37.8 Å². The van der Waals surface area contributed by atoms with Crippen LogP contribution in [0.4, 0.5) is 0 Å². The third-order valence-corrected chi connectivity index (χ3v) is 10.5. The van der Waals surface area contributed by atoms with Crippen molar-refractivity contribution >= 4 is 43.1 Å². The third-order valence-electron chi connectivity index (χ3n) is 8.34. The van der Waals surface area contributed by atoms with Crippen molar-refractivity contribution in [3.8, 4) is 29.9 Å². The molecule has 3 aromatic carbocycles. The summed E-state index contributed by atoms with van der Waals surface area (Å²) in [5.41, 5.74) is 4.94. The van der Waals surface area contributed by atoms with E-state index in [0.717, 1.165) is 55.3 Å². The van der Waals surface area contributed by atoms with Crippen LogP contribution in [0.3, 0.4) is 0 Å². The summed E-state index contributed by atoms with van der Waals surface area (Å²) >= 11 is 3.01. The summed E-state index contributed by atoms with van der Waals surface area (Å²) in [4.78, 5) is 30.6. The van der Waals surface area contributed by atoms with Crippen molar-refractivity contribution in [3.05, 3.63) is 154 Å². The van der Waals surface area contributed by atoms with Crippen LogP contribution in [0.15, 0.2) is 122 Å². The summed E-state index contributed by atoms with van der Waals surface area (Å²) in [6.45, 7) is 0.810. The highest BCUT2D eigenvalue weighted by molar-refractivity contribution is 7.19. The molecule has 5 heterocycles. The molecular formula is C42H33N9O3S2. The number of methoxy groups -OCH3 is 1. The zero-order valence-electron chi connectivity index (χ0n) is 30.1. The number of pyridine rings is 1. The first-order valence-electron chi connectivity index (χ1n) is 17.5. The van der Waals surface area contributed by atoms with Crippen molar-refractivity contribution in [1.82, 2.24) is 34.9 Å². The van der Waals surface area contributed by atoms with Gasteiger partial charge in [-0.2, -0.15) is 20.5 Å². The van der Waals surface area contributed by atoms with E-state index in [1.807, 2.05) is 91.0 Å². The maximum absolute atomic E-state index is 9.71. The number of nitrogens with zero attached hydrogens (tertiary/aromatic N) is 9. The molecule has 14 heteroatoms. The normalized spacial score (nSPS) is 11.8. The highest BCUT2D eigenvalue weighted by Gasteiger charge is 2.22. The van der Waals surface area contributed by atoms with Crippen LogP contribution in [0.2, 0.25) is 0 Å². The van der Waals surface area contributed by atoms with Crippen LogP contribution in [-0.4, -0.2) is 48.6 Å². The molecule has 12 nitrogen and oxygen atoms in total. The first kappa shape index (κ1) is 37.4. The van der Waals surface area contributed by atoms with Gasteiger partial charge in [0, 0.05) is 24.3 Å². The summed E-state index contributed by atoms with van der Waals surface area (Å²) in [5.74, 6) is -0.324. The Balaban J connectivity index is 0.000000172. The van der Waals surface area contributed by atoms with Crippen molar-refractivity contribution in [2.75, 3.05) is 13.7 Å². The molecule has 0 saturated carbocycles. The van der Waals surface area contributed by atoms with Crippen molar-refractivity contribution in [2.45, 2.75) is 31.3 Å². The molecule has 276 valence electrons. The number of thiazole rings is 2. The largest absolute Gasteiger partial charge is 0.497 e. The summed E-state index contributed by atoms with van der Waals surface area (Å²) in [6.07, 6.45) is 6.64. The minimum absolute atomic E-state index is 0.231. The molecule has 0 amide bonds. The van der Waals surface area contributed by atoms with Gasteiger partial charge in [0.25, 0.3) is 0 Å². The first-order chi connectivity index (χ1) is 27.6. The lowest BCUT2D eigenvalue weighted by Crippen LogP contribution is -2.06. The molecule has 56 heavy (non-hydrogen) atoms. The molecule has 0 spiro atoms. The Labute approximate surface area is 330 Å². The second-order valence-corrected chi connectivity index (χ2v) is 14.2. The molecule has 2 unspecified atom stereocenters. The average Bonchev–Trinajstić information content (AvgIpc) is 3.88. The van der Waals surface area contributed by atoms with Crippen molar-refractivity contribution in [1.29, 1.82) is 10.5 Å². The number of fused-ring (bicyclic) bond motifs is 2. The molecule has 8 rings (SSSR count). The lowest BCUT2D eigenvalue weighted by molar-refractivity contribution is 0.279. The van der Waals surface area contributed by atoms with Gasteiger partial charge in [0.15, 0.2) is 0 Å². The second kappa shape index (κ2) is 18.4. The molecule has 0 fully saturated rings. The molecule has 2 atom stereocenters. The first-order valence-corrected chi connectivity index (χ1v) is 19.2. The Hall–Kier alpha value is -6.87. The van der Waals surface area contributed by atoms with Crippen LogP contribution in [0.1, 0.15) is 50.9 Å². The number of ether oxygens (including phenoxy) is 3. The molecule has 0 aliphatic carbocycles. The van der Waals surface area contributed by atoms with Gasteiger partial charge in [-0.05, 0) is 79.1 Å². The molecular weight excluding hydrogens is 743 g/mol. The number of rotatable bonds is 13. The Morgan fingerprint density at radius 3 is 1.71 bits per heavy atom. The van der Waals surface area contributed by atoms with E-state index in [1.165, 1.54) is 22.7 Å². The second-order valence-electron chi connectivity index (χ2n) is 12.1. The van der Waals surface area contributed by atoms with Crippen LogP contribution in [0, 0.1) is 22.7 Å². The van der Waals surface area contributed by atoms with Gasteiger partial charge in [0.1, 0.15) is 34.2 Å². The number of nitriles is 2. The minimum atomic E-state index is -0.566. The topological polar surface area (TPSA) is 166 Å². The van der Waals surface area contributed by atoms with Crippen molar-refractivity contribution in [3.63, 3.8) is 0 Å². The minimum Gasteiger partial charge on any atom is -0.497 e. The van der Waals surface area contributed by atoms with E-state index in [4.69, 9.17) is 14.2 Å². The number of para-hydroxylation sites is 2. The summed E-state index contributed by atoms with van der Waals surface area (Å²) in [7, 11) is 1.63. The maximum Gasteiger partial charge on any atom is 0.316 e. The molecule has 5 aromatic heterocycles. The SMILES string of the molecule is COc1ccc(COc2nccc(C(C#N)c3nc4ccccc4s3)n2)cc1.N#CC(c1ccnc(OCCCc2ccccn2)n1)c1nc2ccccc2s1. The number of aromatic nitrogens is 7. The number of hydrogen-bond acceptors (Lipinski definition) is 14. The summed E-state index contributed by atoms with van der Waals surface area (Å²) in [6, 6.07) is 37.7. The highest BCUT2D eigenvalue weighted by atomic mass is 32.1. The quantitative estimate of drug-likeness (QED) is 0.103. The van der Waals surface area contributed by atoms with E-state index in [0.29, 0.717) is 29.6 Å². The fourth-order valence-electron chi connectivity index (χ4n) is 5.52. The van der Waals surface area contributed by atoms with E-state index in [2.05, 4.69) is 47.0 Å². The smallest absolute Gasteiger partial charge is 0.316 e. The molecule has 0 N–H and O–H groups in total. The van der Waals surface area contributed by atoms with Gasteiger partial charge in [0.05, 0.1) is 57.7 Å². The number of aryl methyl sites for hydroxylation is 1. The lowest BCUT2D eigenvalue weighted by atomic mass is 10.1. The van der Waals surface area contributed by atoms with Crippen LogP contribution >= 0.6 is 22.7 Å². The predicted molar refractivity (Wildman–Crippen MR) is 214 cm³/mol. The van der Waals surface area contributed by atoms with Gasteiger partial charge < -0.3 is 14.2 Å². The maximum atomic E-state index is 9.71. The molecule has 0 radical (unpaired) electrons. The van der Waals surface area contributed by atoms with Crippen molar-refractivity contribution in [2.24, 2.45) is 0 Å². The molecule has 0 aliphatic rings. The van der Waals surface area contributed by atoms with Gasteiger partial charge in [-0.1, -0.05) is 42.5 Å². The molecule has 0 aliphatic heterocycles. The number of hydrogen-bond donors (Lipinski definition) is 0. The molecule has 8 aromatic rings. The van der Waals surface area contributed by atoms with E-state index < -0.39 is 11.8 Å². The van der Waals surface area contributed by atoms with E-state index in [-0.39, 0.29) is 12.0 Å². The van der Waals surface area contributed by atoms with Crippen molar-refractivity contribution < 1.29 is 14.2 Å². The molecule has 0 bridgehead atoms. The predicted octanol–water partition coefficient (Wildman–Crippen LogP) is 8.48. The van der Waals surface area contributed by atoms with Crippen LogP contribution in [0.5, 0.6) is 17.8 Å². The lowest BCUT2D eigenvalue weighted by Gasteiger charge is -2.08. The average molecular weight is 776 g/mol. The Morgan fingerprint density at radius 1 is 0.607 bits per heavy atom. The van der Waals surface area contributed by atoms with Gasteiger partial charge in [0.2, 0.25) is 0 Å². The van der Waals surface area contributed by atoms with Crippen LogP contribution < -0.4 is 14.2 Å². The molecule has 0 saturated heterocycles. The standard InChI is InChI=1S/C21H17N5OS.C21H16N4O2S/c22-14-16(20-25-18-8-1-2-9-19(18)28-20)17-10-12-24-21(26-17)27-13-5-7-15-6-3-4-11-23-15;1-26-15-8-6-14(7-9-15)13-27-21-23-11-10-17(25-21)16(12-22)20-24-18-4-2-3-5-19(18)28-20/h1-4,6,8-12,16H,5,7,13H2;2-11,16H,13H2,1H3. The van der Waals surface area contributed by atoms with Crippen LogP contribution in [0.25, 0.3) is 20.4 Å².